The van der Waals surface area contributed by atoms with Gasteiger partial charge in [-0.3, -0.25) is 0 Å². The van der Waals surface area contributed by atoms with Gasteiger partial charge in [0.05, 0.1) is 15.7 Å². The van der Waals surface area contributed by atoms with Crippen LogP contribution >= 0.6 is 0 Å². The lowest BCUT2D eigenvalue weighted by Crippen LogP contribution is -2.29. The van der Waals surface area contributed by atoms with Gasteiger partial charge in [0.25, 0.3) is 0 Å². The molecule has 100 valence electrons. The summed E-state index contributed by atoms with van der Waals surface area (Å²) in [5, 5.41) is 2.06. The highest BCUT2D eigenvalue weighted by Crippen LogP contribution is 2.36. The maximum atomic E-state index is 12.5. The molecule has 1 atom stereocenters. The maximum Gasteiger partial charge on any atom is 0.416 e. The van der Waals surface area contributed by atoms with E-state index >= 15 is 0 Å². The van der Waals surface area contributed by atoms with Crippen molar-refractivity contribution < 1.29 is 21.6 Å². The van der Waals surface area contributed by atoms with Crippen molar-refractivity contribution in [3.63, 3.8) is 0 Å². The zero-order valence-electron chi connectivity index (χ0n) is 9.58. The van der Waals surface area contributed by atoms with Crippen LogP contribution in [0.1, 0.15) is 11.1 Å². The minimum Gasteiger partial charge on any atom is -0.318 e. The third kappa shape index (κ3) is 2.12. The molecule has 3 nitrogen and oxygen atoms in total. The predicted octanol–water partition coefficient (Wildman–Crippen LogP) is 1.62. The van der Waals surface area contributed by atoms with E-state index in [-0.39, 0.29) is 23.4 Å². The molecule has 1 unspecified atom stereocenters. The van der Waals surface area contributed by atoms with Gasteiger partial charge in [0.2, 0.25) is 0 Å². The Labute approximate surface area is 103 Å². The van der Waals surface area contributed by atoms with Gasteiger partial charge in [-0.05, 0) is 37.2 Å². The Hall–Kier alpha value is -1.08. The number of alkyl halides is 3. The second kappa shape index (κ2) is 4.24. The molecule has 1 aromatic rings. The first kappa shape index (κ1) is 13.4. The molecule has 0 fully saturated rings. The maximum absolute atomic E-state index is 12.5. The summed E-state index contributed by atoms with van der Waals surface area (Å²) in [6.45, 7) is 0.234. The molecule has 0 bridgehead atoms. The van der Waals surface area contributed by atoms with Gasteiger partial charge < -0.3 is 5.32 Å². The fraction of sp³-hybridized carbons (Fsp3) is 0.455. The average Bonchev–Trinajstić information content (AvgIpc) is 2.50. The quantitative estimate of drug-likeness (QED) is 0.895. The molecule has 0 saturated carbocycles. The van der Waals surface area contributed by atoms with Crippen molar-refractivity contribution in [2.45, 2.75) is 22.7 Å². The molecule has 1 heterocycles. The first-order valence-corrected chi connectivity index (χ1v) is 6.90. The molecule has 1 N–H and O–H groups in total. The Morgan fingerprint density at radius 3 is 2.61 bits per heavy atom. The number of fused-ring (bicyclic) bond motifs is 1. The lowest BCUT2D eigenvalue weighted by molar-refractivity contribution is -0.137. The van der Waals surface area contributed by atoms with Crippen molar-refractivity contribution >= 4 is 9.84 Å². The molecule has 0 spiro atoms. The third-order valence-electron chi connectivity index (χ3n) is 3.01. The minimum atomic E-state index is -4.44. The summed E-state index contributed by atoms with van der Waals surface area (Å²) in [6.07, 6.45) is -4.32. The first-order chi connectivity index (χ1) is 8.26. The lowest BCUT2D eigenvalue weighted by atomic mass is 10.1. The van der Waals surface area contributed by atoms with Crippen molar-refractivity contribution in [3.8, 4) is 0 Å². The van der Waals surface area contributed by atoms with E-state index in [0.29, 0.717) is 0 Å². The fourth-order valence-corrected chi connectivity index (χ4v) is 4.05. The van der Waals surface area contributed by atoms with E-state index in [1.165, 1.54) is 0 Å². The van der Waals surface area contributed by atoms with E-state index in [1.54, 1.807) is 7.05 Å². The largest absolute Gasteiger partial charge is 0.416 e. The summed E-state index contributed by atoms with van der Waals surface area (Å²) in [6, 6.07) is 2.81. The zero-order chi connectivity index (χ0) is 13.6. The van der Waals surface area contributed by atoms with Crippen LogP contribution in [0.15, 0.2) is 23.1 Å². The fourth-order valence-electron chi connectivity index (χ4n) is 2.14. The van der Waals surface area contributed by atoms with Crippen LogP contribution in [0.5, 0.6) is 0 Å². The normalized spacial score (nSPS) is 21.9. The van der Waals surface area contributed by atoms with Crippen LogP contribution in [-0.4, -0.2) is 27.3 Å². The van der Waals surface area contributed by atoms with E-state index in [4.69, 9.17) is 0 Å². The molecule has 0 radical (unpaired) electrons. The SMILES string of the molecule is CNCC1Cc2cc(C(F)(F)F)ccc2S1(=O)=O. The molecular formula is C11H12F3NO2S. The molecule has 0 aromatic heterocycles. The van der Waals surface area contributed by atoms with Gasteiger partial charge in [-0.2, -0.15) is 13.2 Å². The molecule has 2 rings (SSSR count). The van der Waals surface area contributed by atoms with E-state index in [9.17, 15) is 21.6 Å². The van der Waals surface area contributed by atoms with E-state index in [1.807, 2.05) is 0 Å². The highest BCUT2D eigenvalue weighted by molar-refractivity contribution is 7.92. The average molecular weight is 279 g/mol. The van der Waals surface area contributed by atoms with Crippen LogP contribution in [0.25, 0.3) is 0 Å². The summed E-state index contributed by atoms with van der Waals surface area (Å²) >= 11 is 0. The van der Waals surface area contributed by atoms with Crippen LogP contribution in [0.4, 0.5) is 13.2 Å². The first-order valence-electron chi connectivity index (χ1n) is 5.35. The van der Waals surface area contributed by atoms with E-state index in [0.717, 1.165) is 18.2 Å². The van der Waals surface area contributed by atoms with Gasteiger partial charge in [0, 0.05) is 6.54 Å². The molecule has 1 aliphatic heterocycles. The van der Waals surface area contributed by atoms with Gasteiger partial charge in [-0.25, -0.2) is 8.42 Å². The minimum absolute atomic E-state index is 0.0238. The van der Waals surface area contributed by atoms with Crippen molar-refractivity contribution in [1.82, 2.24) is 5.32 Å². The standard InChI is InChI=1S/C11H12F3NO2S/c1-15-6-9-5-7-4-8(11(12,13)14)2-3-10(7)18(9,16)17/h2-4,9,15H,5-6H2,1H3. The molecule has 0 saturated heterocycles. The highest BCUT2D eigenvalue weighted by Gasteiger charge is 2.39. The number of halogens is 3. The second-order valence-electron chi connectivity index (χ2n) is 4.25. The van der Waals surface area contributed by atoms with Gasteiger partial charge >= 0.3 is 6.18 Å². The van der Waals surface area contributed by atoms with Gasteiger partial charge in [0.15, 0.2) is 9.84 Å². The van der Waals surface area contributed by atoms with Crippen LogP contribution < -0.4 is 5.32 Å². The summed E-state index contributed by atoms with van der Waals surface area (Å²) in [5.74, 6) is 0. The van der Waals surface area contributed by atoms with Crippen molar-refractivity contribution in [1.29, 1.82) is 0 Å². The lowest BCUT2D eigenvalue weighted by Gasteiger charge is -2.08. The Morgan fingerprint density at radius 1 is 1.39 bits per heavy atom. The molecule has 18 heavy (non-hydrogen) atoms. The van der Waals surface area contributed by atoms with Gasteiger partial charge in [-0.15, -0.1) is 0 Å². The summed E-state index contributed by atoms with van der Waals surface area (Å²) < 4.78 is 61.6. The topological polar surface area (TPSA) is 46.2 Å². The predicted molar refractivity (Wildman–Crippen MR) is 60.0 cm³/mol. The number of nitrogens with one attached hydrogen (secondary N) is 1. The molecule has 0 aliphatic carbocycles. The Morgan fingerprint density at radius 2 is 2.06 bits per heavy atom. The number of benzene rings is 1. The summed E-state index contributed by atoms with van der Waals surface area (Å²) in [5.41, 5.74) is -0.549. The Balaban J connectivity index is 2.46. The Kier molecular flexibility index (Phi) is 3.14. The number of hydrogen-bond donors (Lipinski definition) is 1. The van der Waals surface area contributed by atoms with Gasteiger partial charge in [-0.1, -0.05) is 0 Å². The van der Waals surface area contributed by atoms with E-state index < -0.39 is 26.8 Å². The third-order valence-corrected chi connectivity index (χ3v) is 5.23. The molecule has 1 aromatic carbocycles. The van der Waals surface area contributed by atoms with Gasteiger partial charge in [0.1, 0.15) is 0 Å². The van der Waals surface area contributed by atoms with E-state index in [2.05, 4.69) is 5.32 Å². The Bertz CT molecular complexity index is 566. The molecule has 0 amide bonds. The summed E-state index contributed by atoms with van der Waals surface area (Å²) in [4.78, 5) is 0.0238. The van der Waals surface area contributed by atoms with Crippen LogP contribution in [0, 0.1) is 0 Å². The number of sulfone groups is 1. The van der Waals surface area contributed by atoms with Crippen molar-refractivity contribution in [2.75, 3.05) is 13.6 Å². The summed E-state index contributed by atoms with van der Waals surface area (Å²) in [7, 11) is -1.89. The van der Waals surface area contributed by atoms with Crippen molar-refractivity contribution in [3.05, 3.63) is 29.3 Å². The van der Waals surface area contributed by atoms with Crippen LogP contribution in [-0.2, 0) is 22.4 Å². The van der Waals surface area contributed by atoms with Crippen LogP contribution in [0.2, 0.25) is 0 Å². The highest BCUT2D eigenvalue weighted by atomic mass is 32.2. The van der Waals surface area contributed by atoms with Crippen molar-refractivity contribution in [2.24, 2.45) is 0 Å². The second-order valence-corrected chi connectivity index (χ2v) is 6.45. The monoisotopic (exact) mass is 279 g/mol. The van der Waals surface area contributed by atoms with Crippen LogP contribution in [0.3, 0.4) is 0 Å². The molecular weight excluding hydrogens is 267 g/mol. The molecule has 1 aliphatic rings. The number of rotatable bonds is 2. The smallest absolute Gasteiger partial charge is 0.318 e. The molecule has 7 heteroatoms. The zero-order valence-corrected chi connectivity index (χ0v) is 10.4. The number of hydrogen-bond acceptors (Lipinski definition) is 3.